The van der Waals surface area contributed by atoms with Crippen LogP contribution in [0.4, 0.5) is 0 Å². The first-order chi connectivity index (χ1) is 6.61. The summed E-state index contributed by atoms with van der Waals surface area (Å²) in [6.07, 6.45) is 0. The molecule has 0 aliphatic carbocycles. The van der Waals surface area contributed by atoms with Gasteiger partial charge in [0.25, 0.3) is 0 Å². The Labute approximate surface area is 89.4 Å². The number of carbonyl (C=O) groups is 1. The van der Waals surface area contributed by atoms with E-state index in [1.807, 2.05) is 6.07 Å². The van der Waals surface area contributed by atoms with Crippen LogP contribution in [0.15, 0.2) is 30.3 Å². The van der Waals surface area contributed by atoms with Crippen molar-refractivity contribution in [3.05, 3.63) is 35.9 Å². The lowest BCUT2D eigenvalue weighted by Gasteiger charge is -2.06. The molecule has 2 unspecified atom stereocenters. The van der Waals surface area contributed by atoms with Gasteiger partial charge in [-0.15, -0.1) is 11.6 Å². The number of carbonyl (C=O) groups excluding carboxylic acids is 1. The van der Waals surface area contributed by atoms with E-state index in [1.54, 1.807) is 24.3 Å². The molecule has 0 bridgehead atoms. The van der Waals surface area contributed by atoms with Crippen LogP contribution in [0.5, 0.6) is 0 Å². The smallest absolute Gasteiger partial charge is 0.169 e. The summed E-state index contributed by atoms with van der Waals surface area (Å²) >= 11 is 3.68. The average molecular weight is 233 g/mol. The number of alkyl halides is 1. The summed E-state index contributed by atoms with van der Waals surface area (Å²) in [5, 5.41) is -0.840. The monoisotopic (exact) mass is 232 g/mol. The van der Waals surface area contributed by atoms with Gasteiger partial charge in [-0.2, -0.15) is 0 Å². The molecule has 0 saturated heterocycles. The summed E-state index contributed by atoms with van der Waals surface area (Å²) in [6, 6.07) is 8.73. The van der Waals surface area contributed by atoms with Gasteiger partial charge in [0.1, 0.15) is 11.1 Å². The molecule has 3 nitrogen and oxygen atoms in total. The highest BCUT2D eigenvalue weighted by atomic mass is 35.5. The van der Waals surface area contributed by atoms with Crippen LogP contribution in [0, 0.1) is 0 Å². The van der Waals surface area contributed by atoms with E-state index in [-0.39, 0.29) is 0 Å². The first-order valence-corrected chi connectivity index (χ1v) is 5.61. The number of hydrogen-bond donors (Lipinski definition) is 1. The third kappa shape index (κ3) is 3.21. The zero-order valence-corrected chi connectivity index (χ0v) is 8.79. The molecule has 0 radical (unpaired) electrons. The van der Waals surface area contributed by atoms with Crippen LogP contribution in [0.25, 0.3) is 0 Å². The van der Waals surface area contributed by atoms with Gasteiger partial charge in [-0.25, -0.2) is 4.21 Å². The Kier molecular flexibility index (Phi) is 4.25. The molecule has 1 rings (SSSR count). The van der Waals surface area contributed by atoms with Crippen molar-refractivity contribution in [2.24, 2.45) is 0 Å². The maximum Gasteiger partial charge on any atom is 0.169 e. The first-order valence-electron chi connectivity index (χ1n) is 3.90. The second-order valence-electron chi connectivity index (χ2n) is 2.71. The molecule has 2 atom stereocenters. The molecule has 76 valence electrons. The molecule has 0 aromatic heterocycles. The normalized spacial score (nSPS) is 14.7. The molecule has 0 aliphatic heterocycles. The molecule has 1 aromatic rings. The van der Waals surface area contributed by atoms with Gasteiger partial charge in [0.05, 0.1) is 0 Å². The van der Waals surface area contributed by atoms with Gasteiger partial charge in [-0.3, -0.25) is 4.79 Å². The summed E-state index contributed by atoms with van der Waals surface area (Å²) < 4.78 is 18.9. The number of benzene rings is 1. The van der Waals surface area contributed by atoms with E-state index < -0.39 is 28.0 Å². The van der Waals surface area contributed by atoms with Crippen LogP contribution < -0.4 is 0 Å². The Balaban J connectivity index is 2.71. The van der Waals surface area contributed by atoms with Crippen LogP contribution >= 0.6 is 11.6 Å². The fourth-order valence-electron chi connectivity index (χ4n) is 1.00. The van der Waals surface area contributed by atoms with Crippen LogP contribution in [0.1, 0.15) is 10.9 Å². The second-order valence-corrected chi connectivity index (χ2v) is 4.07. The van der Waals surface area contributed by atoms with Crippen molar-refractivity contribution < 1.29 is 13.6 Å². The molecule has 0 aliphatic rings. The maximum absolute atomic E-state index is 11.3. The lowest BCUT2D eigenvalue weighted by Crippen LogP contribution is -2.15. The van der Waals surface area contributed by atoms with Crippen LogP contribution in [0.2, 0.25) is 0 Å². The third-order valence-corrected chi connectivity index (χ3v) is 2.67. The van der Waals surface area contributed by atoms with Crippen LogP contribution in [-0.2, 0) is 15.9 Å². The lowest BCUT2D eigenvalue weighted by atomic mass is 10.1. The zero-order valence-electron chi connectivity index (χ0n) is 7.22. The SMILES string of the molecule is O=C(CS(=O)O)C(Cl)c1ccccc1. The minimum Gasteiger partial charge on any atom is -0.306 e. The van der Waals surface area contributed by atoms with Gasteiger partial charge in [0.15, 0.2) is 16.9 Å². The van der Waals surface area contributed by atoms with Gasteiger partial charge >= 0.3 is 0 Å². The lowest BCUT2D eigenvalue weighted by molar-refractivity contribution is -0.116. The van der Waals surface area contributed by atoms with E-state index in [2.05, 4.69) is 0 Å². The van der Waals surface area contributed by atoms with Crippen LogP contribution in [0.3, 0.4) is 0 Å². The first kappa shape index (κ1) is 11.4. The highest BCUT2D eigenvalue weighted by Gasteiger charge is 2.18. The molecule has 0 saturated carbocycles. The molecule has 0 heterocycles. The van der Waals surface area contributed by atoms with Crippen molar-refractivity contribution in [2.45, 2.75) is 5.38 Å². The minimum atomic E-state index is -2.12. The largest absolute Gasteiger partial charge is 0.306 e. The van der Waals surface area contributed by atoms with Crippen molar-refractivity contribution in [3.8, 4) is 0 Å². The molecule has 1 aromatic carbocycles. The predicted molar refractivity (Wildman–Crippen MR) is 55.7 cm³/mol. The average Bonchev–Trinajstić information content (AvgIpc) is 2.17. The Morgan fingerprint density at radius 3 is 2.50 bits per heavy atom. The standard InChI is InChI=1S/C9H9ClO3S/c10-9(8(11)6-14(12)13)7-4-2-1-3-5-7/h1-5,9H,6H2,(H,12,13). The van der Waals surface area contributed by atoms with Crippen molar-refractivity contribution in [2.75, 3.05) is 5.75 Å². The Hall–Kier alpha value is -0.710. The maximum atomic E-state index is 11.3. The van der Waals surface area contributed by atoms with Gasteiger partial charge in [0.2, 0.25) is 0 Å². The van der Waals surface area contributed by atoms with Crippen molar-refractivity contribution in [3.63, 3.8) is 0 Å². The highest BCUT2D eigenvalue weighted by molar-refractivity contribution is 7.80. The second kappa shape index (κ2) is 5.24. The quantitative estimate of drug-likeness (QED) is 0.636. The minimum absolute atomic E-state index is 0.428. The molecule has 5 heteroatoms. The van der Waals surface area contributed by atoms with Gasteiger partial charge < -0.3 is 4.55 Å². The van der Waals surface area contributed by atoms with Crippen molar-refractivity contribution >= 4 is 28.5 Å². The Morgan fingerprint density at radius 1 is 1.43 bits per heavy atom. The third-order valence-electron chi connectivity index (χ3n) is 1.64. The van der Waals surface area contributed by atoms with Crippen LogP contribution in [-0.4, -0.2) is 20.3 Å². The summed E-state index contributed by atoms with van der Waals surface area (Å²) in [4.78, 5) is 11.3. The van der Waals surface area contributed by atoms with Gasteiger partial charge in [0, 0.05) is 0 Å². The number of rotatable bonds is 4. The summed E-state index contributed by atoms with van der Waals surface area (Å²) in [5.74, 6) is -0.873. The van der Waals surface area contributed by atoms with E-state index in [1.165, 1.54) is 0 Å². The molecule has 0 spiro atoms. The zero-order chi connectivity index (χ0) is 10.6. The molecular formula is C9H9ClO3S. The predicted octanol–water partition coefficient (Wildman–Crippen LogP) is 1.76. The highest BCUT2D eigenvalue weighted by Crippen LogP contribution is 2.20. The summed E-state index contributed by atoms with van der Waals surface area (Å²) in [7, 11) is 0. The molecule has 0 amide bonds. The van der Waals surface area contributed by atoms with Gasteiger partial charge in [-0.1, -0.05) is 30.3 Å². The number of Topliss-reactive ketones (excluding diaryl/α,β-unsaturated/α-hetero) is 1. The van der Waals surface area contributed by atoms with E-state index in [0.29, 0.717) is 5.56 Å². The van der Waals surface area contributed by atoms with Crippen molar-refractivity contribution in [1.82, 2.24) is 0 Å². The van der Waals surface area contributed by atoms with Crippen molar-refractivity contribution in [1.29, 1.82) is 0 Å². The fourth-order valence-corrected chi connectivity index (χ4v) is 1.73. The molecule has 14 heavy (non-hydrogen) atoms. The summed E-state index contributed by atoms with van der Waals surface area (Å²) in [5.41, 5.74) is 0.643. The fraction of sp³-hybridized carbons (Fsp3) is 0.222. The van der Waals surface area contributed by atoms with E-state index in [9.17, 15) is 9.00 Å². The van der Waals surface area contributed by atoms with E-state index >= 15 is 0 Å². The molecular weight excluding hydrogens is 224 g/mol. The Morgan fingerprint density at radius 2 is 2.00 bits per heavy atom. The Bertz CT molecular complexity index is 339. The summed E-state index contributed by atoms with van der Waals surface area (Å²) in [6.45, 7) is 0. The molecule has 0 fully saturated rings. The van der Waals surface area contributed by atoms with Gasteiger partial charge in [-0.05, 0) is 5.56 Å². The van der Waals surface area contributed by atoms with E-state index in [4.69, 9.17) is 16.2 Å². The molecule has 1 N–H and O–H groups in total. The van der Waals surface area contributed by atoms with E-state index in [0.717, 1.165) is 0 Å². The number of ketones is 1. The number of hydrogen-bond acceptors (Lipinski definition) is 2. The number of halogens is 1. The topological polar surface area (TPSA) is 54.4 Å².